The Balaban J connectivity index is 1.75. The predicted molar refractivity (Wildman–Crippen MR) is 100 cm³/mol. The number of amides is 1. The number of aliphatic hydroxyl groups is 1. The van der Waals surface area contributed by atoms with Crippen LogP contribution in [0.15, 0.2) is 48.8 Å². The van der Waals surface area contributed by atoms with E-state index in [0.29, 0.717) is 12.8 Å². The number of carbonyl (C=O) groups excluding carboxylic acids is 1. The number of aryl methyl sites for hydroxylation is 1. The van der Waals surface area contributed by atoms with E-state index in [4.69, 9.17) is 0 Å². The molecule has 1 amide bonds. The molecular weight excluding hydrogens is 363 g/mol. The van der Waals surface area contributed by atoms with Gasteiger partial charge in [0.05, 0.1) is 17.9 Å². The Kier molecular flexibility index (Phi) is 6.04. The van der Waals surface area contributed by atoms with Gasteiger partial charge in [-0.2, -0.15) is 0 Å². The Bertz CT molecular complexity index is 845. The number of piperidine rings is 1. The van der Waals surface area contributed by atoms with Crippen LogP contribution in [-0.2, 0) is 11.2 Å². The van der Waals surface area contributed by atoms with Gasteiger partial charge in [0.2, 0.25) is 0 Å². The second-order valence-electron chi connectivity index (χ2n) is 7.22. The number of carbonyl (C=O) groups is 2. The van der Waals surface area contributed by atoms with Crippen molar-refractivity contribution >= 4 is 11.9 Å². The number of benzene rings is 1. The maximum atomic E-state index is 13.4. The Labute approximate surface area is 162 Å². The molecule has 0 bridgehead atoms. The SMILES string of the molecule is O=C(c1cncc(F)c1)N1CC[C@@H](O)[C@](CCCc2ccccc2)(C(=O)O)C1. The summed E-state index contributed by atoms with van der Waals surface area (Å²) in [5, 5.41) is 20.4. The molecule has 1 aromatic heterocycles. The minimum absolute atomic E-state index is 0.0694. The summed E-state index contributed by atoms with van der Waals surface area (Å²) in [6.07, 6.45) is 2.86. The number of carboxylic acids is 1. The van der Waals surface area contributed by atoms with Gasteiger partial charge in [-0.15, -0.1) is 0 Å². The topological polar surface area (TPSA) is 90.7 Å². The first-order valence-corrected chi connectivity index (χ1v) is 9.27. The van der Waals surface area contributed by atoms with E-state index in [2.05, 4.69) is 4.98 Å². The summed E-state index contributed by atoms with van der Waals surface area (Å²) in [5.74, 6) is -2.23. The average Bonchev–Trinajstić information content (AvgIpc) is 2.69. The molecule has 0 radical (unpaired) electrons. The monoisotopic (exact) mass is 386 g/mol. The Morgan fingerprint density at radius 1 is 1.25 bits per heavy atom. The van der Waals surface area contributed by atoms with Gasteiger partial charge in [0.1, 0.15) is 11.2 Å². The Hall–Kier alpha value is -2.80. The summed E-state index contributed by atoms with van der Waals surface area (Å²) in [6.45, 7) is 0.0951. The van der Waals surface area contributed by atoms with Crippen LogP contribution in [0.1, 0.15) is 35.2 Å². The van der Waals surface area contributed by atoms with Crippen molar-refractivity contribution in [2.75, 3.05) is 13.1 Å². The van der Waals surface area contributed by atoms with Crippen LogP contribution in [0.5, 0.6) is 0 Å². The first kappa shape index (κ1) is 19.9. The number of hydrogen-bond donors (Lipinski definition) is 2. The van der Waals surface area contributed by atoms with Gasteiger partial charge in [-0.05, 0) is 37.3 Å². The summed E-state index contributed by atoms with van der Waals surface area (Å²) in [7, 11) is 0. The molecule has 3 rings (SSSR count). The number of carboxylic acid groups (broad SMARTS) is 1. The van der Waals surface area contributed by atoms with Gasteiger partial charge < -0.3 is 15.1 Å². The standard InChI is InChI=1S/C21H23FN2O4/c22-17-11-16(12-23-13-17)19(26)24-10-8-18(25)21(14-24,20(27)28)9-4-7-15-5-2-1-3-6-15/h1-3,5-6,11-13,18,25H,4,7-10,14H2,(H,27,28)/t18-,21-/m1/s1. The molecule has 148 valence electrons. The maximum Gasteiger partial charge on any atom is 0.314 e. The number of aliphatic hydroxyl groups excluding tert-OH is 1. The molecule has 1 saturated heterocycles. The summed E-state index contributed by atoms with van der Waals surface area (Å²) in [4.78, 5) is 29.9. The second kappa shape index (κ2) is 8.48. The third-order valence-corrected chi connectivity index (χ3v) is 5.38. The lowest BCUT2D eigenvalue weighted by Crippen LogP contribution is -2.57. The van der Waals surface area contributed by atoms with Gasteiger partial charge in [-0.1, -0.05) is 30.3 Å². The molecule has 2 atom stereocenters. The largest absolute Gasteiger partial charge is 0.481 e. The number of halogens is 1. The first-order valence-electron chi connectivity index (χ1n) is 9.27. The lowest BCUT2D eigenvalue weighted by molar-refractivity contribution is -0.162. The molecule has 2 N–H and O–H groups in total. The van der Waals surface area contributed by atoms with Crippen molar-refractivity contribution in [2.24, 2.45) is 5.41 Å². The molecular formula is C21H23FN2O4. The second-order valence-corrected chi connectivity index (χ2v) is 7.22. The third-order valence-electron chi connectivity index (χ3n) is 5.38. The fraction of sp³-hybridized carbons (Fsp3) is 0.381. The zero-order valence-electron chi connectivity index (χ0n) is 15.4. The highest BCUT2D eigenvalue weighted by Crippen LogP contribution is 2.36. The molecule has 6 nitrogen and oxygen atoms in total. The number of aromatic nitrogens is 1. The van der Waals surface area contributed by atoms with Crippen molar-refractivity contribution in [1.82, 2.24) is 9.88 Å². The molecule has 1 aliphatic rings. The minimum Gasteiger partial charge on any atom is -0.481 e. The van der Waals surface area contributed by atoms with Gasteiger partial charge in [0.25, 0.3) is 5.91 Å². The van der Waals surface area contributed by atoms with Crippen LogP contribution in [0.25, 0.3) is 0 Å². The highest BCUT2D eigenvalue weighted by molar-refractivity contribution is 5.94. The van der Waals surface area contributed by atoms with Crippen LogP contribution in [0.4, 0.5) is 4.39 Å². The van der Waals surface area contributed by atoms with Crippen LogP contribution >= 0.6 is 0 Å². The summed E-state index contributed by atoms with van der Waals surface area (Å²) < 4.78 is 13.4. The smallest absolute Gasteiger partial charge is 0.314 e. The zero-order chi connectivity index (χ0) is 20.1. The lowest BCUT2D eigenvalue weighted by atomic mass is 9.73. The maximum absolute atomic E-state index is 13.4. The van der Waals surface area contributed by atoms with Crippen molar-refractivity contribution in [3.63, 3.8) is 0 Å². The predicted octanol–water partition coefficient (Wildman–Crippen LogP) is 2.52. The zero-order valence-corrected chi connectivity index (χ0v) is 15.4. The minimum atomic E-state index is -1.44. The van der Waals surface area contributed by atoms with E-state index in [1.54, 1.807) is 0 Å². The molecule has 0 unspecified atom stereocenters. The number of nitrogens with zero attached hydrogens (tertiary/aromatic N) is 2. The molecule has 1 aliphatic heterocycles. The number of aliphatic carboxylic acids is 1. The van der Waals surface area contributed by atoms with E-state index in [0.717, 1.165) is 17.8 Å². The van der Waals surface area contributed by atoms with Crippen LogP contribution in [0.2, 0.25) is 0 Å². The number of rotatable bonds is 6. The fourth-order valence-corrected chi connectivity index (χ4v) is 3.78. The van der Waals surface area contributed by atoms with Gasteiger partial charge >= 0.3 is 5.97 Å². The van der Waals surface area contributed by atoms with Crippen LogP contribution < -0.4 is 0 Å². The Morgan fingerprint density at radius 2 is 2.00 bits per heavy atom. The molecule has 28 heavy (non-hydrogen) atoms. The van der Waals surface area contributed by atoms with Crippen molar-refractivity contribution in [1.29, 1.82) is 0 Å². The quantitative estimate of drug-likeness (QED) is 0.796. The van der Waals surface area contributed by atoms with E-state index in [9.17, 15) is 24.2 Å². The molecule has 0 saturated carbocycles. The molecule has 7 heteroatoms. The first-order chi connectivity index (χ1) is 13.4. The summed E-state index contributed by atoms with van der Waals surface area (Å²) >= 11 is 0. The van der Waals surface area contributed by atoms with Crippen molar-refractivity contribution in [3.05, 3.63) is 65.7 Å². The normalized spacial score (nSPS) is 22.1. The van der Waals surface area contributed by atoms with Gasteiger partial charge in [-0.3, -0.25) is 14.6 Å². The van der Waals surface area contributed by atoms with E-state index >= 15 is 0 Å². The summed E-state index contributed by atoms with van der Waals surface area (Å²) in [6, 6.07) is 10.8. The Morgan fingerprint density at radius 3 is 2.68 bits per heavy atom. The van der Waals surface area contributed by atoms with Crippen LogP contribution in [-0.4, -0.2) is 51.2 Å². The van der Waals surface area contributed by atoms with Gasteiger partial charge in [0, 0.05) is 19.3 Å². The molecule has 1 aromatic carbocycles. The summed E-state index contributed by atoms with van der Waals surface area (Å²) in [5.41, 5.74) is -0.282. The number of pyridine rings is 1. The van der Waals surface area contributed by atoms with Crippen LogP contribution in [0.3, 0.4) is 0 Å². The fourth-order valence-electron chi connectivity index (χ4n) is 3.78. The molecule has 1 fully saturated rings. The average molecular weight is 386 g/mol. The molecule has 2 aromatic rings. The van der Waals surface area contributed by atoms with Crippen molar-refractivity contribution in [2.45, 2.75) is 31.8 Å². The highest BCUT2D eigenvalue weighted by Gasteiger charge is 2.49. The highest BCUT2D eigenvalue weighted by atomic mass is 19.1. The van der Waals surface area contributed by atoms with E-state index in [-0.39, 0.29) is 31.5 Å². The third kappa shape index (κ3) is 4.20. The van der Waals surface area contributed by atoms with Crippen LogP contribution in [0, 0.1) is 11.2 Å². The number of hydrogen-bond acceptors (Lipinski definition) is 4. The van der Waals surface area contributed by atoms with E-state index in [1.807, 2.05) is 30.3 Å². The molecule has 0 spiro atoms. The van der Waals surface area contributed by atoms with Crippen molar-refractivity contribution in [3.8, 4) is 0 Å². The number of likely N-dealkylation sites (tertiary alicyclic amines) is 1. The van der Waals surface area contributed by atoms with Gasteiger partial charge in [0.15, 0.2) is 0 Å². The lowest BCUT2D eigenvalue weighted by Gasteiger charge is -2.43. The molecule has 2 heterocycles. The molecule has 0 aliphatic carbocycles. The van der Waals surface area contributed by atoms with Crippen molar-refractivity contribution < 1.29 is 24.2 Å². The van der Waals surface area contributed by atoms with E-state index < -0.39 is 29.2 Å². The van der Waals surface area contributed by atoms with E-state index in [1.165, 1.54) is 11.1 Å². The van der Waals surface area contributed by atoms with Gasteiger partial charge in [-0.25, -0.2) is 4.39 Å².